The van der Waals surface area contributed by atoms with Crippen LogP contribution in [0, 0.1) is 0 Å². The molecular weight excluding hydrogens is 236 g/mol. The zero-order valence-electron chi connectivity index (χ0n) is 11.2. The normalized spacial score (nSPS) is 26.4. The second-order valence-electron chi connectivity index (χ2n) is 5.77. The van der Waals surface area contributed by atoms with E-state index in [1.165, 1.54) is 18.4 Å². The van der Waals surface area contributed by atoms with Crippen molar-refractivity contribution in [1.82, 2.24) is 14.5 Å². The third-order valence-corrected chi connectivity index (χ3v) is 4.50. The molecule has 2 saturated heterocycles. The first-order chi connectivity index (χ1) is 9.24. The Hall–Kier alpha value is -1.84. The average molecular weight is 254 g/mol. The van der Waals surface area contributed by atoms with E-state index in [2.05, 4.69) is 28.1 Å². The van der Waals surface area contributed by atoms with E-state index in [1.54, 1.807) is 0 Å². The average Bonchev–Trinajstić information content (AvgIpc) is 2.86. The highest BCUT2D eigenvalue weighted by molar-refractivity contribution is 5.74. The molecule has 0 aliphatic carbocycles. The molecule has 2 bridgehead atoms. The van der Waals surface area contributed by atoms with E-state index in [0.29, 0.717) is 12.1 Å². The Balaban J connectivity index is 1.83. The molecule has 0 N–H and O–H groups in total. The summed E-state index contributed by atoms with van der Waals surface area (Å²) in [6.07, 6.45) is 6.60. The Morgan fingerprint density at radius 2 is 2.00 bits per heavy atom. The van der Waals surface area contributed by atoms with Crippen LogP contribution in [0.25, 0.3) is 11.2 Å². The summed E-state index contributed by atoms with van der Waals surface area (Å²) < 4.78 is 2.13. The lowest BCUT2D eigenvalue weighted by atomic mass is 9.99. The molecule has 98 valence electrons. The van der Waals surface area contributed by atoms with Gasteiger partial charge in [-0.2, -0.15) is 0 Å². The molecule has 4 rings (SSSR count). The molecule has 2 unspecified atom stereocenters. The first-order valence-electron chi connectivity index (χ1n) is 6.96. The van der Waals surface area contributed by atoms with Gasteiger partial charge in [0.2, 0.25) is 5.95 Å². The predicted octanol–water partition coefficient (Wildman–Crippen LogP) is 2.66. The molecule has 2 aromatic rings. The van der Waals surface area contributed by atoms with Crippen LogP contribution in [0.15, 0.2) is 30.5 Å². The fourth-order valence-corrected chi connectivity index (χ4v) is 3.68. The molecule has 2 aliphatic rings. The summed E-state index contributed by atoms with van der Waals surface area (Å²) in [5, 5.41) is 0. The summed E-state index contributed by atoms with van der Waals surface area (Å²) in [5.41, 5.74) is 3.37. The molecule has 0 radical (unpaired) electrons. The number of fused-ring (bicyclic) bond motifs is 3. The monoisotopic (exact) mass is 254 g/mol. The topological polar surface area (TPSA) is 34.0 Å². The van der Waals surface area contributed by atoms with Gasteiger partial charge in [-0.1, -0.05) is 12.2 Å². The van der Waals surface area contributed by atoms with Crippen LogP contribution in [0.3, 0.4) is 0 Å². The molecule has 0 aromatic carbocycles. The number of hydrogen-bond acceptors (Lipinski definition) is 3. The van der Waals surface area contributed by atoms with Crippen LogP contribution in [-0.4, -0.2) is 26.6 Å². The number of aryl methyl sites for hydroxylation is 1. The highest BCUT2D eigenvalue weighted by Gasteiger charge is 2.40. The van der Waals surface area contributed by atoms with Crippen molar-refractivity contribution in [3.63, 3.8) is 0 Å². The minimum absolute atomic E-state index is 0.585. The summed E-state index contributed by atoms with van der Waals surface area (Å²) in [6, 6.07) is 5.16. The van der Waals surface area contributed by atoms with E-state index >= 15 is 0 Å². The fourth-order valence-electron chi connectivity index (χ4n) is 3.68. The van der Waals surface area contributed by atoms with Crippen LogP contribution in [-0.2, 0) is 7.05 Å². The fraction of sp³-hybridized carbons (Fsp3) is 0.467. The van der Waals surface area contributed by atoms with Crippen molar-refractivity contribution in [2.45, 2.75) is 37.8 Å². The first kappa shape index (κ1) is 11.0. The maximum absolute atomic E-state index is 4.80. The Kier molecular flexibility index (Phi) is 2.22. The second-order valence-corrected chi connectivity index (χ2v) is 5.77. The standard InChI is InChI=1S/C15H18N4/c1-10-8-11-5-6-12(9-10)19(11)15-17-13-4-3-7-16-14(13)18(15)2/h3-4,7,11-12H,1,5-6,8-9H2,2H3. The van der Waals surface area contributed by atoms with Crippen molar-refractivity contribution < 1.29 is 0 Å². The van der Waals surface area contributed by atoms with E-state index in [4.69, 9.17) is 4.98 Å². The summed E-state index contributed by atoms with van der Waals surface area (Å²) in [6.45, 7) is 4.18. The predicted molar refractivity (Wildman–Crippen MR) is 76.2 cm³/mol. The molecule has 19 heavy (non-hydrogen) atoms. The minimum atomic E-state index is 0.585. The van der Waals surface area contributed by atoms with Gasteiger partial charge in [0.05, 0.1) is 0 Å². The number of nitrogens with zero attached hydrogens (tertiary/aromatic N) is 4. The molecule has 0 amide bonds. The summed E-state index contributed by atoms with van der Waals surface area (Å²) in [4.78, 5) is 11.7. The van der Waals surface area contributed by atoms with E-state index in [9.17, 15) is 0 Å². The van der Waals surface area contributed by atoms with Gasteiger partial charge < -0.3 is 4.90 Å². The van der Waals surface area contributed by atoms with E-state index in [-0.39, 0.29) is 0 Å². The highest BCUT2D eigenvalue weighted by atomic mass is 15.4. The van der Waals surface area contributed by atoms with Crippen molar-refractivity contribution in [3.8, 4) is 0 Å². The molecule has 4 heteroatoms. The summed E-state index contributed by atoms with van der Waals surface area (Å²) >= 11 is 0. The largest absolute Gasteiger partial charge is 0.336 e. The lowest BCUT2D eigenvalue weighted by Crippen LogP contribution is -2.41. The third kappa shape index (κ3) is 1.52. The van der Waals surface area contributed by atoms with Gasteiger partial charge in [-0.3, -0.25) is 4.57 Å². The van der Waals surface area contributed by atoms with Gasteiger partial charge in [-0.15, -0.1) is 0 Å². The lowest BCUT2D eigenvalue weighted by molar-refractivity contribution is 0.533. The zero-order chi connectivity index (χ0) is 13.0. The number of piperidine rings is 1. The van der Waals surface area contributed by atoms with Gasteiger partial charge in [0.25, 0.3) is 0 Å². The van der Waals surface area contributed by atoms with E-state index < -0.39 is 0 Å². The van der Waals surface area contributed by atoms with Crippen molar-refractivity contribution in [1.29, 1.82) is 0 Å². The Bertz CT molecular complexity index is 641. The van der Waals surface area contributed by atoms with Gasteiger partial charge in [-0.05, 0) is 37.8 Å². The molecule has 0 saturated carbocycles. The molecule has 2 aromatic heterocycles. The van der Waals surface area contributed by atoms with E-state index in [0.717, 1.165) is 30.0 Å². The number of pyridine rings is 1. The van der Waals surface area contributed by atoms with Crippen molar-refractivity contribution in [2.24, 2.45) is 7.05 Å². The smallest absolute Gasteiger partial charge is 0.208 e. The van der Waals surface area contributed by atoms with Crippen LogP contribution in [0.4, 0.5) is 5.95 Å². The van der Waals surface area contributed by atoms with Crippen LogP contribution >= 0.6 is 0 Å². The van der Waals surface area contributed by atoms with Gasteiger partial charge >= 0.3 is 0 Å². The van der Waals surface area contributed by atoms with Gasteiger partial charge in [0, 0.05) is 25.3 Å². The van der Waals surface area contributed by atoms with Crippen LogP contribution in [0.2, 0.25) is 0 Å². The molecule has 4 heterocycles. The van der Waals surface area contributed by atoms with Crippen molar-refractivity contribution >= 4 is 17.1 Å². The first-order valence-corrected chi connectivity index (χ1v) is 6.96. The zero-order valence-corrected chi connectivity index (χ0v) is 11.2. The van der Waals surface area contributed by atoms with Crippen LogP contribution in [0.5, 0.6) is 0 Å². The summed E-state index contributed by atoms with van der Waals surface area (Å²) in [7, 11) is 2.07. The number of hydrogen-bond donors (Lipinski definition) is 0. The van der Waals surface area contributed by atoms with Crippen LogP contribution in [0.1, 0.15) is 25.7 Å². The molecule has 2 aliphatic heterocycles. The molecular formula is C15H18N4. The Morgan fingerprint density at radius 3 is 2.68 bits per heavy atom. The van der Waals surface area contributed by atoms with Gasteiger partial charge in [0.15, 0.2) is 5.65 Å². The quantitative estimate of drug-likeness (QED) is 0.734. The maximum Gasteiger partial charge on any atom is 0.208 e. The maximum atomic E-state index is 4.80. The van der Waals surface area contributed by atoms with Crippen LogP contribution < -0.4 is 4.90 Å². The van der Waals surface area contributed by atoms with E-state index in [1.807, 2.05) is 18.3 Å². The van der Waals surface area contributed by atoms with Gasteiger partial charge in [-0.25, -0.2) is 9.97 Å². The highest BCUT2D eigenvalue weighted by Crippen LogP contribution is 2.40. The number of aromatic nitrogens is 3. The SMILES string of the molecule is C=C1CC2CCC(C1)N2c1nc2cccnc2n1C. The molecule has 2 fully saturated rings. The molecule has 2 atom stereocenters. The van der Waals surface area contributed by atoms with Gasteiger partial charge in [0.1, 0.15) is 5.52 Å². The molecule has 0 spiro atoms. The number of imidazole rings is 1. The van der Waals surface area contributed by atoms with Crippen molar-refractivity contribution in [2.75, 3.05) is 4.90 Å². The minimum Gasteiger partial charge on any atom is -0.336 e. The Morgan fingerprint density at radius 1 is 1.26 bits per heavy atom. The lowest BCUT2D eigenvalue weighted by Gasteiger charge is -2.36. The number of anilines is 1. The second kappa shape index (κ2) is 3.83. The van der Waals surface area contributed by atoms with Crippen molar-refractivity contribution in [3.05, 3.63) is 30.5 Å². The molecule has 4 nitrogen and oxygen atoms in total. The number of rotatable bonds is 1. The summed E-state index contributed by atoms with van der Waals surface area (Å²) in [5.74, 6) is 1.08. The third-order valence-electron chi connectivity index (χ3n) is 4.50. The Labute approximate surface area is 112 Å².